The largest absolute Gasteiger partial charge is 0.480 e. The van der Waals surface area contributed by atoms with Crippen molar-refractivity contribution in [1.82, 2.24) is 10.6 Å². The first-order valence-corrected chi connectivity index (χ1v) is 17.5. The monoisotopic (exact) mass is 674 g/mol. The number of ether oxygens (including phenoxy) is 1. The lowest BCUT2D eigenvalue weighted by molar-refractivity contribution is -0.184. The molecule has 4 rings (SSSR count). The van der Waals surface area contributed by atoms with Crippen LogP contribution < -0.4 is 10.6 Å². The Balaban J connectivity index is 1.32. The number of carboxylic acids is 1. The molecule has 0 aliphatic heterocycles. The van der Waals surface area contributed by atoms with Gasteiger partial charge in [-0.05, 0) is 86.0 Å². The van der Waals surface area contributed by atoms with Crippen molar-refractivity contribution in [2.45, 2.75) is 130 Å². The molecular formula is C36H54N2O10. The fourth-order valence-corrected chi connectivity index (χ4v) is 9.44. The molecule has 0 aromatic heterocycles. The van der Waals surface area contributed by atoms with Gasteiger partial charge >= 0.3 is 11.9 Å². The topological polar surface area (TPSA) is 196 Å². The minimum atomic E-state index is -1.79. The van der Waals surface area contributed by atoms with Gasteiger partial charge < -0.3 is 30.7 Å². The highest BCUT2D eigenvalue weighted by Crippen LogP contribution is 2.67. The Morgan fingerprint density at radius 1 is 1.00 bits per heavy atom. The average molecular weight is 675 g/mol. The Morgan fingerprint density at radius 2 is 1.69 bits per heavy atom. The van der Waals surface area contributed by atoms with Gasteiger partial charge in [0, 0.05) is 18.3 Å². The number of fused-ring (bicyclic) bond motifs is 5. The highest BCUT2D eigenvalue weighted by molar-refractivity contribution is 5.93. The van der Waals surface area contributed by atoms with Crippen LogP contribution in [0.15, 0.2) is 11.6 Å². The number of allylic oxidation sites excluding steroid dienone is 1. The number of Topliss-reactive ketones (excluding diaryl/α,β-unsaturated/α-hetero) is 1. The first-order valence-electron chi connectivity index (χ1n) is 17.5. The van der Waals surface area contributed by atoms with Gasteiger partial charge in [-0.15, -0.1) is 0 Å². The second kappa shape index (κ2) is 14.4. The second-order valence-electron chi connectivity index (χ2n) is 15.9. The summed E-state index contributed by atoms with van der Waals surface area (Å²) in [6.45, 7) is 10.4. The average Bonchev–Trinajstić information content (AvgIpc) is 3.27. The molecule has 0 radical (unpaired) electrons. The van der Waals surface area contributed by atoms with E-state index in [0.29, 0.717) is 19.3 Å². The maximum absolute atomic E-state index is 13.5. The minimum absolute atomic E-state index is 0.0162. The number of amides is 2. The lowest BCUT2D eigenvalue weighted by Gasteiger charge is -2.60. The minimum Gasteiger partial charge on any atom is -0.480 e. The van der Waals surface area contributed by atoms with Crippen LogP contribution in [0.4, 0.5) is 0 Å². The van der Waals surface area contributed by atoms with E-state index in [1.165, 1.54) is 0 Å². The van der Waals surface area contributed by atoms with Gasteiger partial charge in [-0.25, -0.2) is 4.79 Å². The van der Waals surface area contributed by atoms with Gasteiger partial charge in [0.1, 0.15) is 17.7 Å². The zero-order valence-corrected chi connectivity index (χ0v) is 29.2. The van der Waals surface area contributed by atoms with Gasteiger partial charge in [0.15, 0.2) is 12.4 Å². The summed E-state index contributed by atoms with van der Waals surface area (Å²) in [4.78, 5) is 75.4. The molecule has 0 aromatic carbocycles. The number of nitrogens with one attached hydrogen (secondary N) is 2. The van der Waals surface area contributed by atoms with Crippen molar-refractivity contribution in [1.29, 1.82) is 0 Å². The predicted molar refractivity (Wildman–Crippen MR) is 174 cm³/mol. The molecule has 12 nitrogen and oxygen atoms in total. The van der Waals surface area contributed by atoms with E-state index in [9.17, 15) is 44.1 Å². The summed E-state index contributed by atoms with van der Waals surface area (Å²) in [6.07, 6.45) is 4.21. The molecule has 3 saturated carbocycles. The lowest BCUT2D eigenvalue weighted by atomic mass is 9.45. The van der Waals surface area contributed by atoms with Crippen LogP contribution >= 0.6 is 0 Å². The normalized spacial score (nSPS) is 33.9. The van der Waals surface area contributed by atoms with Crippen molar-refractivity contribution in [2.75, 3.05) is 6.61 Å². The van der Waals surface area contributed by atoms with Crippen LogP contribution in [0.3, 0.4) is 0 Å². The number of ketones is 2. The molecule has 0 saturated heterocycles. The van der Waals surface area contributed by atoms with Crippen LogP contribution in [0.5, 0.6) is 0 Å². The molecule has 0 aromatic rings. The maximum Gasteiger partial charge on any atom is 0.326 e. The summed E-state index contributed by atoms with van der Waals surface area (Å²) in [5, 5.41) is 38.0. The number of esters is 1. The van der Waals surface area contributed by atoms with Crippen molar-refractivity contribution in [3.05, 3.63) is 11.6 Å². The lowest BCUT2D eigenvalue weighted by Crippen LogP contribution is -2.62. The first kappa shape index (κ1) is 37.7. The van der Waals surface area contributed by atoms with E-state index in [1.807, 2.05) is 20.8 Å². The third kappa shape index (κ3) is 7.25. The molecule has 5 N–H and O–H groups in total. The zero-order valence-electron chi connectivity index (χ0n) is 29.2. The Bertz CT molecular complexity index is 1340. The van der Waals surface area contributed by atoms with Crippen molar-refractivity contribution >= 4 is 35.3 Å². The van der Waals surface area contributed by atoms with Gasteiger partial charge in [-0.3, -0.25) is 24.0 Å². The molecular weight excluding hydrogens is 620 g/mol. The van der Waals surface area contributed by atoms with Gasteiger partial charge in [-0.1, -0.05) is 47.1 Å². The van der Waals surface area contributed by atoms with E-state index in [0.717, 1.165) is 18.4 Å². The summed E-state index contributed by atoms with van der Waals surface area (Å²) in [7, 11) is 0. The van der Waals surface area contributed by atoms with Crippen LogP contribution in [0, 0.1) is 40.4 Å². The van der Waals surface area contributed by atoms with Gasteiger partial charge in [0.25, 0.3) is 0 Å². The first-order chi connectivity index (χ1) is 22.3. The Morgan fingerprint density at radius 3 is 2.31 bits per heavy atom. The third-order valence-electron chi connectivity index (χ3n) is 12.0. The van der Waals surface area contributed by atoms with E-state index in [2.05, 4.69) is 17.6 Å². The molecule has 48 heavy (non-hydrogen) atoms. The molecule has 4 aliphatic rings. The van der Waals surface area contributed by atoms with Gasteiger partial charge in [-0.2, -0.15) is 0 Å². The number of carbonyl (C=O) groups excluding carboxylic acids is 5. The van der Waals surface area contributed by atoms with Crippen molar-refractivity contribution in [2.24, 2.45) is 40.4 Å². The zero-order chi connectivity index (χ0) is 35.8. The van der Waals surface area contributed by atoms with Gasteiger partial charge in [0.2, 0.25) is 17.6 Å². The molecule has 0 bridgehead atoms. The summed E-state index contributed by atoms with van der Waals surface area (Å²) in [5.74, 6) is -4.07. The number of carboxylic acid groups (broad SMARTS) is 1. The van der Waals surface area contributed by atoms with E-state index >= 15 is 0 Å². The van der Waals surface area contributed by atoms with Crippen LogP contribution in [-0.2, 0) is 33.5 Å². The molecule has 9 atom stereocenters. The van der Waals surface area contributed by atoms with Crippen molar-refractivity contribution in [3.8, 4) is 0 Å². The number of aliphatic carboxylic acids is 1. The molecule has 2 amide bonds. The maximum atomic E-state index is 13.5. The molecule has 268 valence electrons. The van der Waals surface area contributed by atoms with E-state index in [4.69, 9.17) is 4.74 Å². The fraction of sp³-hybridized carbons (Fsp3) is 0.778. The number of hydrogen-bond acceptors (Lipinski definition) is 9. The summed E-state index contributed by atoms with van der Waals surface area (Å²) >= 11 is 0. The quantitative estimate of drug-likeness (QED) is 0.181. The van der Waals surface area contributed by atoms with E-state index in [1.54, 1.807) is 19.9 Å². The fourth-order valence-electron chi connectivity index (χ4n) is 9.44. The number of rotatable bonds is 13. The summed E-state index contributed by atoms with van der Waals surface area (Å²) in [5.41, 5.74) is -1.90. The number of aliphatic hydroxyl groups excluding tert-OH is 1. The highest BCUT2D eigenvalue weighted by Gasteiger charge is 2.68. The SMILES string of the molecule is CC(C)C[C@H](NC(=O)[C@H](NC(=O)CCC(=O)OCC(=O)[C@@]1(O)CC[C@@H]2[C@@H]3CCC4=CC(=O)CC[C@]4(C)[C@H]3[C@H](O)C[C@@]21C)C(C)C)C(=O)O. The summed E-state index contributed by atoms with van der Waals surface area (Å²) < 4.78 is 5.23. The van der Waals surface area contributed by atoms with Crippen molar-refractivity contribution in [3.63, 3.8) is 0 Å². The second-order valence-corrected chi connectivity index (χ2v) is 15.9. The highest BCUT2D eigenvalue weighted by atomic mass is 16.5. The number of hydrogen-bond donors (Lipinski definition) is 5. The standard InChI is InChI=1S/C36H54N2O10/c1-19(2)15-25(33(45)46)37-32(44)31(20(3)4)38-28(42)9-10-29(43)48-18-27(41)36(47)14-12-24-23-8-7-21-16-22(39)11-13-34(21,5)30(23)26(40)17-35(24,36)6/h16,19-20,23-26,30-31,40,47H,7-15,17-18H2,1-6H3,(H,37,44)(H,38,42)(H,45,46)/t23-,24+,25-,26+,30+,31+,34-,35-,36-/m0/s1. The molecule has 4 aliphatic carbocycles. The number of carbonyl (C=O) groups is 6. The number of aliphatic hydroxyl groups is 2. The molecule has 0 unspecified atom stereocenters. The van der Waals surface area contributed by atoms with E-state index < -0.39 is 65.3 Å². The Labute approximate surface area is 282 Å². The van der Waals surface area contributed by atoms with Crippen molar-refractivity contribution < 1.29 is 48.8 Å². The third-order valence-corrected chi connectivity index (χ3v) is 12.0. The smallest absolute Gasteiger partial charge is 0.326 e. The van der Waals surface area contributed by atoms with Gasteiger partial charge in [0.05, 0.1) is 12.5 Å². The van der Waals surface area contributed by atoms with Crippen LogP contribution in [0.2, 0.25) is 0 Å². The van der Waals surface area contributed by atoms with Crippen LogP contribution in [-0.4, -0.2) is 81.0 Å². The molecule has 0 heterocycles. The molecule has 3 fully saturated rings. The van der Waals surface area contributed by atoms with E-state index in [-0.39, 0.29) is 72.9 Å². The molecule has 12 heteroatoms. The van der Waals surface area contributed by atoms with Crippen LogP contribution in [0.1, 0.15) is 106 Å². The Kier molecular flexibility index (Phi) is 11.3. The predicted octanol–water partition coefficient (Wildman–Crippen LogP) is 2.87. The summed E-state index contributed by atoms with van der Waals surface area (Å²) in [6, 6.07) is -2.12. The molecule has 0 spiro atoms. The Hall–Kier alpha value is -3.12. The van der Waals surface area contributed by atoms with Crippen LogP contribution in [0.25, 0.3) is 0 Å².